The molecule has 32 heavy (non-hydrogen) atoms. The summed E-state index contributed by atoms with van der Waals surface area (Å²) in [4.78, 5) is 18.8. The maximum Gasteiger partial charge on any atom is 0.315 e. The van der Waals surface area contributed by atoms with Crippen LogP contribution in [0.15, 0.2) is 30.3 Å². The highest BCUT2D eigenvalue weighted by molar-refractivity contribution is 5.91. The average Bonchev–Trinajstić information content (AvgIpc) is 3.20. The largest absolute Gasteiger partial charge is 0.493 e. The van der Waals surface area contributed by atoms with E-state index in [9.17, 15) is 15.4 Å². The van der Waals surface area contributed by atoms with E-state index in [1.807, 2.05) is 25.1 Å². The van der Waals surface area contributed by atoms with E-state index < -0.39 is 4.92 Å². The first kappa shape index (κ1) is 22.8. The number of rotatable bonds is 10. The first-order valence-electron chi connectivity index (χ1n) is 10.5. The number of nitro benzene ring substituents is 1. The van der Waals surface area contributed by atoms with Crippen molar-refractivity contribution in [2.75, 3.05) is 13.7 Å². The van der Waals surface area contributed by atoms with Crippen LogP contribution in [0.3, 0.4) is 0 Å². The molecular formula is C24H26N4O4. The third-order valence-corrected chi connectivity index (χ3v) is 5.04. The van der Waals surface area contributed by atoms with Gasteiger partial charge in [0.15, 0.2) is 5.75 Å². The first-order chi connectivity index (χ1) is 15.5. The Labute approximate surface area is 186 Å². The van der Waals surface area contributed by atoms with Crippen molar-refractivity contribution in [2.24, 2.45) is 0 Å². The van der Waals surface area contributed by atoms with Crippen molar-refractivity contribution in [3.05, 3.63) is 57.4 Å². The lowest BCUT2D eigenvalue weighted by Crippen LogP contribution is -2.03. The molecule has 0 spiro atoms. The van der Waals surface area contributed by atoms with Crippen molar-refractivity contribution in [3.63, 3.8) is 0 Å². The number of unbranched alkanes of at least 4 members (excludes halogenated alkanes) is 3. The van der Waals surface area contributed by atoms with Gasteiger partial charge in [0.2, 0.25) is 5.75 Å². The summed E-state index contributed by atoms with van der Waals surface area (Å²) in [5, 5.41) is 21.4. The topological polar surface area (TPSA) is 114 Å². The summed E-state index contributed by atoms with van der Waals surface area (Å²) >= 11 is 0. The van der Waals surface area contributed by atoms with Gasteiger partial charge in [-0.3, -0.25) is 10.1 Å². The number of nitriles is 1. The lowest BCUT2D eigenvalue weighted by Gasteiger charge is -2.12. The molecule has 166 valence electrons. The SMILES string of the molecule is CCCCCCOc1c(OC)cc(/C=C(/C#N)c2nc3ccc(C)cc3[nH]2)cc1[N+](=O)[O-]. The van der Waals surface area contributed by atoms with E-state index in [-0.39, 0.29) is 22.8 Å². The van der Waals surface area contributed by atoms with Crippen molar-refractivity contribution in [1.82, 2.24) is 9.97 Å². The minimum absolute atomic E-state index is 0.101. The molecule has 0 saturated carbocycles. The van der Waals surface area contributed by atoms with E-state index in [0.29, 0.717) is 18.0 Å². The van der Waals surface area contributed by atoms with Crippen LogP contribution in [0.25, 0.3) is 22.7 Å². The zero-order chi connectivity index (χ0) is 23.1. The summed E-state index contributed by atoms with van der Waals surface area (Å²) in [5.41, 5.74) is 3.12. The standard InChI is InChI=1S/C24H26N4O4/c1-4-5-6-7-10-32-23-21(28(29)30)13-17(14-22(23)31-3)12-18(15-25)24-26-19-9-8-16(2)11-20(19)27-24/h8-9,11-14H,4-7,10H2,1-3H3,(H,26,27)/b18-12-. The Morgan fingerprint density at radius 2 is 2.09 bits per heavy atom. The molecule has 0 saturated heterocycles. The van der Waals surface area contributed by atoms with Gasteiger partial charge in [0.05, 0.1) is 35.2 Å². The van der Waals surface area contributed by atoms with Gasteiger partial charge in [0.1, 0.15) is 11.9 Å². The van der Waals surface area contributed by atoms with Crippen molar-refractivity contribution >= 4 is 28.4 Å². The van der Waals surface area contributed by atoms with E-state index in [4.69, 9.17) is 9.47 Å². The molecule has 2 aromatic carbocycles. The van der Waals surface area contributed by atoms with E-state index >= 15 is 0 Å². The van der Waals surface area contributed by atoms with Crippen LogP contribution < -0.4 is 9.47 Å². The summed E-state index contributed by atoms with van der Waals surface area (Å²) in [7, 11) is 1.43. The molecule has 8 heteroatoms. The zero-order valence-corrected chi connectivity index (χ0v) is 18.5. The molecule has 1 N–H and O–H groups in total. The molecule has 3 aromatic rings. The fraction of sp³-hybridized carbons (Fsp3) is 0.333. The molecule has 0 radical (unpaired) electrons. The van der Waals surface area contributed by atoms with Crippen molar-refractivity contribution in [3.8, 4) is 17.6 Å². The third kappa shape index (κ3) is 5.24. The average molecular weight is 434 g/mol. The lowest BCUT2D eigenvalue weighted by atomic mass is 10.1. The predicted octanol–water partition coefficient (Wildman–Crippen LogP) is 5.81. The van der Waals surface area contributed by atoms with Gasteiger partial charge < -0.3 is 14.5 Å². The molecule has 0 atom stereocenters. The molecule has 0 bridgehead atoms. The van der Waals surface area contributed by atoms with Gasteiger partial charge in [0, 0.05) is 6.07 Å². The molecule has 0 aliphatic carbocycles. The number of nitrogens with zero attached hydrogens (tertiary/aromatic N) is 3. The number of nitro groups is 1. The Morgan fingerprint density at radius 1 is 1.28 bits per heavy atom. The summed E-state index contributed by atoms with van der Waals surface area (Å²) in [5.74, 6) is 0.744. The Kier molecular flexibility index (Phi) is 7.45. The van der Waals surface area contributed by atoms with Gasteiger partial charge in [-0.2, -0.15) is 5.26 Å². The molecule has 0 aliphatic rings. The van der Waals surface area contributed by atoms with Gasteiger partial charge in [-0.15, -0.1) is 0 Å². The highest BCUT2D eigenvalue weighted by Crippen LogP contribution is 2.39. The Hall–Kier alpha value is -3.86. The summed E-state index contributed by atoms with van der Waals surface area (Å²) in [6.07, 6.45) is 5.53. The number of hydrogen-bond acceptors (Lipinski definition) is 6. The highest BCUT2D eigenvalue weighted by atomic mass is 16.6. The van der Waals surface area contributed by atoms with Crippen LogP contribution in [0.4, 0.5) is 5.69 Å². The molecule has 0 unspecified atom stereocenters. The van der Waals surface area contributed by atoms with Gasteiger partial charge in [-0.05, 0) is 48.7 Å². The Balaban J connectivity index is 1.96. The summed E-state index contributed by atoms with van der Waals surface area (Å²) in [6, 6.07) is 10.9. The summed E-state index contributed by atoms with van der Waals surface area (Å²) < 4.78 is 11.1. The molecule has 0 amide bonds. The monoisotopic (exact) mass is 434 g/mol. The molecule has 8 nitrogen and oxygen atoms in total. The number of nitrogens with one attached hydrogen (secondary N) is 1. The number of ether oxygens (including phenoxy) is 2. The minimum Gasteiger partial charge on any atom is -0.493 e. The molecule has 1 aromatic heterocycles. The van der Waals surface area contributed by atoms with Crippen LogP contribution in [-0.4, -0.2) is 28.6 Å². The third-order valence-electron chi connectivity index (χ3n) is 5.04. The van der Waals surface area contributed by atoms with Crippen LogP contribution in [0.2, 0.25) is 0 Å². The van der Waals surface area contributed by atoms with E-state index in [2.05, 4.69) is 23.0 Å². The van der Waals surface area contributed by atoms with Crippen LogP contribution in [0.5, 0.6) is 11.5 Å². The van der Waals surface area contributed by atoms with E-state index in [1.54, 1.807) is 12.1 Å². The fourth-order valence-corrected chi connectivity index (χ4v) is 3.40. The molecule has 3 rings (SSSR count). The number of imidazole rings is 1. The number of H-pyrrole nitrogens is 1. The summed E-state index contributed by atoms with van der Waals surface area (Å²) in [6.45, 7) is 4.46. The highest BCUT2D eigenvalue weighted by Gasteiger charge is 2.22. The number of hydrogen-bond donors (Lipinski definition) is 1. The van der Waals surface area contributed by atoms with Gasteiger partial charge in [0.25, 0.3) is 0 Å². The number of allylic oxidation sites excluding steroid dienone is 1. The smallest absolute Gasteiger partial charge is 0.315 e. The van der Waals surface area contributed by atoms with E-state index in [1.165, 1.54) is 13.2 Å². The lowest BCUT2D eigenvalue weighted by molar-refractivity contribution is -0.386. The number of aromatic amines is 1. The second kappa shape index (κ2) is 10.4. The molecule has 0 aliphatic heterocycles. The van der Waals surface area contributed by atoms with Gasteiger partial charge >= 0.3 is 5.69 Å². The quantitative estimate of drug-likeness (QED) is 0.186. The van der Waals surface area contributed by atoms with Gasteiger partial charge in [-0.1, -0.05) is 32.3 Å². The number of fused-ring (bicyclic) bond motifs is 1. The number of benzene rings is 2. The predicted molar refractivity (Wildman–Crippen MR) is 124 cm³/mol. The number of aryl methyl sites for hydroxylation is 1. The van der Waals surface area contributed by atoms with Crippen LogP contribution in [0.1, 0.15) is 49.6 Å². The van der Waals surface area contributed by atoms with Crippen molar-refractivity contribution < 1.29 is 14.4 Å². The number of methoxy groups -OCH3 is 1. The number of aromatic nitrogens is 2. The van der Waals surface area contributed by atoms with Gasteiger partial charge in [-0.25, -0.2) is 4.98 Å². The second-order valence-electron chi connectivity index (χ2n) is 7.51. The molecule has 0 fully saturated rings. The Bertz CT molecular complexity index is 1190. The van der Waals surface area contributed by atoms with Crippen molar-refractivity contribution in [2.45, 2.75) is 39.5 Å². The minimum atomic E-state index is -0.503. The van der Waals surface area contributed by atoms with Crippen LogP contribution >= 0.6 is 0 Å². The Morgan fingerprint density at radius 3 is 2.78 bits per heavy atom. The zero-order valence-electron chi connectivity index (χ0n) is 18.5. The second-order valence-corrected chi connectivity index (χ2v) is 7.51. The molecule has 1 heterocycles. The van der Waals surface area contributed by atoms with Crippen molar-refractivity contribution in [1.29, 1.82) is 5.26 Å². The van der Waals surface area contributed by atoms with Crippen LogP contribution in [-0.2, 0) is 0 Å². The normalized spacial score (nSPS) is 11.4. The fourth-order valence-electron chi connectivity index (χ4n) is 3.40. The maximum atomic E-state index is 11.7. The maximum absolute atomic E-state index is 11.7. The van der Waals surface area contributed by atoms with Crippen LogP contribution in [0, 0.1) is 28.4 Å². The first-order valence-corrected chi connectivity index (χ1v) is 10.5. The van der Waals surface area contributed by atoms with E-state index in [0.717, 1.165) is 42.3 Å². The molecular weight excluding hydrogens is 408 g/mol.